The summed E-state index contributed by atoms with van der Waals surface area (Å²) in [5.41, 5.74) is 2.60. The number of benzene rings is 1. The number of carbonyl (C=O) groups is 1. The molecule has 6 heteroatoms. The molecule has 0 bridgehead atoms. The van der Waals surface area contributed by atoms with Gasteiger partial charge in [-0.15, -0.1) is 0 Å². The van der Waals surface area contributed by atoms with Crippen LogP contribution in [0, 0.1) is 0 Å². The van der Waals surface area contributed by atoms with E-state index in [4.69, 9.17) is 4.74 Å². The smallest absolute Gasteiger partial charge is 0.252 e. The molecule has 2 aromatic rings. The predicted octanol–water partition coefficient (Wildman–Crippen LogP) is 2.27. The third kappa shape index (κ3) is 4.96. The Labute approximate surface area is 136 Å². The van der Waals surface area contributed by atoms with E-state index >= 15 is 0 Å². The maximum atomic E-state index is 11.9. The second-order valence-electron chi connectivity index (χ2n) is 5.25. The summed E-state index contributed by atoms with van der Waals surface area (Å²) >= 11 is 0. The maximum absolute atomic E-state index is 11.9. The van der Waals surface area contributed by atoms with Crippen molar-refractivity contribution in [3.05, 3.63) is 48.2 Å². The molecule has 0 aliphatic carbocycles. The molecule has 2 N–H and O–H groups in total. The van der Waals surface area contributed by atoms with Gasteiger partial charge in [0.05, 0.1) is 12.2 Å². The number of hydrogen-bond acceptors (Lipinski definition) is 5. The van der Waals surface area contributed by atoms with Crippen LogP contribution in [0.4, 0.5) is 17.2 Å². The summed E-state index contributed by atoms with van der Waals surface area (Å²) < 4.78 is 4.89. The number of methoxy groups -OCH3 is 1. The van der Waals surface area contributed by atoms with Crippen molar-refractivity contribution in [1.82, 2.24) is 10.3 Å². The van der Waals surface area contributed by atoms with Crippen molar-refractivity contribution < 1.29 is 9.53 Å². The molecule has 23 heavy (non-hydrogen) atoms. The zero-order chi connectivity index (χ0) is 16.7. The Morgan fingerprint density at radius 2 is 1.91 bits per heavy atom. The molecule has 0 saturated heterocycles. The summed E-state index contributed by atoms with van der Waals surface area (Å²) in [5, 5.41) is 5.96. The first-order valence-corrected chi connectivity index (χ1v) is 7.38. The van der Waals surface area contributed by atoms with Crippen LogP contribution in [0.5, 0.6) is 0 Å². The highest BCUT2D eigenvalue weighted by Crippen LogP contribution is 2.19. The normalized spacial score (nSPS) is 10.2. The van der Waals surface area contributed by atoms with E-state index in [0.29, 0.717) is 24.5 Å². The van der Waals surface area contributed by atoms with Crippen molar-refractivity contribution in [3.8, 4) is 0 Å². The molecular weight excluding hydrogens is 292 g/mol. The van der Waals surface area contributed by atoms with Gasteiger partial charge in [0.1, 0.15) is 5.82 Å². The zero-order valence-corrected chi connectivity index (χ0v) is 13.7. The molecule has 0 spiro atoms. The number of nitrogens with one attached hydrogen (secondary N) is 2. The van der Waals surface area contributed by atoms with E-state index < -0.39 is 0 Å². The minimum absolute atomic E-state index is 0.156. The largest absolute Gasteiger partial charge is 0.383 e. The van der Waals surface area contributed by atoms with Gasteiger partial charge in [0.15, 0.2) is 0 Å². The summed E-state index contributed by atoms with van der Waals surface area (Å²) in [6, 6.07) is 11.6. The van der Waals surface area contributed by atoms with Crippen LogP contribution in [-0.2, 0) is 4.74 Å². The van der Waals surface area contributed by atoms with Crippen LogP contribution in [0.25, 0.3) is 0 Å². The van der Waals surface area contributed by atoms with E-state index in [-0.39, 0.29) is 5.91 Å². The Balaban J connectivity index is 1.95. The minimum Gasteiger partial charge on any atom is -0.383 e. The van der Waals surface area contributed by atoms with E-state index in [9.17, 15) is 4.79 Å². The van der Waals surface area contributed by atoms with Crippen LogP contribution in [0.15, 0.2) is 42.6 Å². The topological polar surface area (TPSA) is 66.5 Å². The van der Waals surface area contributed by atoms with Gasteiger partial charge < -0.3 is 20.3 Å². The highest BCUT2D eigenvalue weighted by molar-refractivity contribution is 5.94. The molecule has 122 valence electrons. The Hall–Kier alpha value is -2.60. The lowest BCUT2D eigenvalue weighted by atomic mass is 10.2. The third-order valence-electron chi connectivity index (χ3n) is 3.27. The van der Waals surface area contributed by atoms with Crippen molar-refractivity contribution in [1.29, 1.82) is 0 Å². The summed E-state index contributed by atoms with van der Waals surface area (Å²) in [6.07, 6.45) is 1.55. The lowest BCUT2D eigenvalue weighted by Gasteiger charge is -2.13. The molecular formula is C17H22N4O2. The van der Waals surface area contributed by atoms with Gasteiger partial charge in [0, 0.05) is 45.3 Å². The predicted molar refractivity (Wildman–Crippen MR) is 92.5 cm³/mol. The van der Waals surface area contributed by atoms with Crippen LogP contribution >= 0.6 is 0 Å². The molecule has 1 amide bonds. The van der Waals surface area contributed by atoms with Gasteiger partial charge >= 0.3 is 0 Å². The number of nitrogens with zero attached hydrogens (tertiary/aromatic N) is 2. The van der Waals surface area contributed by atoms with Gasteiger partial charge in [-0.3, -0.25) is 4.79 Å². The zero-order valence-electron chi connectivity index (χ0n) is 13.7. The van der Waals surface area contributed by atoms with Crippen LogP contribution in [0.2, 0.25) is 0 Å². The second-order valence-corrected chi connectivity index (χ2v) is 5.25. The molecule has 2 rings (SSSR count). The first-order valence-electron chi connectivity index (χ1n) is 7.38. The number of ether oxygens (including phenoxy) is 1. The molecule has 1 aromatic heterocycles. The molecule has 0 unspecified atom stereocenters. The Morgan fingerprint density at radius 3 is 2.48 bits per heavy atom. The lowest BCUT2D eigenvalue weighted by Crippen LogP contribution is -2.26. The van der Waals surface area contributed by atoms with Gasteiger partial charge in [-0.1, -0.05) is 0 Å². The number of pyridine rings is 1. The first kappa shape index (κ1) is 16.8. The van der Waals surface area contributed by atoms with Crippen molar-refractivity contribution in [3.63, 3.8) is 0 Å². The molecule has 1 heterocycles. The summed E-state index contributed by atoms with van der Waals surface area (Å²) in [7, 11) is 5.60. The molecule has 1 aromatic carbocycles. The number of amides is 1. The van der Waals surface area contributed by atoms with Crippen LogP contribution in [-0.4, -0.2) is 45.2 Å². The highest BCUT2D eigenvalue weighted by atomic mass is 16.5. The number of carbonyl (C=O) groups excluding carboxylic acids is 1. The van der Waals surface area contributed by atoms with Crippen LogP contribution < -0.4 is 15.5 Å². The second kappa shape index (κ2) is 8.14. The average Bonchev–Trinajstić information content (AvgIpc) is 2.56. The van der Waals surface area contributed by atoms with E-state index in [1.54, 1.807) is 25.4 Å². The highest BCUT2D eigenvalue weighted by Gasteiger charge is 2.05. The summed E-state index contributed by atoms with van der Waals surface area (Å²) in [4.78, 5) is 18.2. The van der Waals surface area contributed by atoms with Gasteiger partial charge in [0.2, 0.25) is 0 Å². The molecule has 0 atom stereocenters. The number of rotatable bonds is 7. The van der Waals surface area contributed by atoms with Gasteiger partial charge in [0.25, 0.3) is 5.91 Å². The standard InChI is InChI=1S/C17H22N4O2/c1-21(2)15-7-5-14(6-8-15)20-16-9-4-13(12-19-16)17(22)18-10-11-23-3/h4-9,12H,10-11H2,1-3H3,(H,18,22)(H,19,20). The van der Waals surface area contributed by atoms with Crippen molar-refractivity contribution in [2.45, 2.75) is 0 Å². The van der Waals surface area contributed by atoms with Gasteiger partial charge in [-0.05, 0) is 36.4 Å². The fraction of sp³-hybridized carbons (Fsp3) is 0.294. The van der Waals surface area contributed by atoms with E-state index in [0.717, 1.165) is 11.4 Å². The first-order chi connectivity index (χ1) is 11.1. The number of anilines is 3. The van der Waals surface area contributed by atoms with Crippen molar-refractivity contribution >= 4 is 23.1 Å². The minimum atomic E-state index is -0.156. The molecule has 6 nitrogen and oxygen atoms in total. The van der Waals surface area contributed by atoms with Crippen LogP contribution in [0.3, 0.4) is 0 Å². The average molecular weight is 314 g/mol. The molecule has 0 fully saturated rings. The number of aromatic nitrogens is 1. The fourth-order valence-corrected chi connectivity index (χ4v) is 1.96. The Bertz CT molecular complexity index is 624. The quantitative estimate of drug-likeness (QED) is 0.768. The fourth-order valence-electron chi connectivity index (χ4n) is 1.96. The Morgan fingerprint density at radius 1 is 1.17 bits per heavy atom. The van der Waals surface area contributed by atoms with E-state index in [1.165, 1.54) is 0 Å². The molecule has 0 aliphatic rings. The Kier molecular flexibility index (Phi) is 5.94. The van der Waals surface area contributed by atoms with Gasteiger partial charge in [-0.25, -0.2) is 4.98 Å². The molecule has 0 saturated carbocycles. The van der Waals surface area contributed by atoms with Gasteiger partial charge in [-0.2, -0.15) is 0 Å². The lowest BCUT2D eigenvalue weighted by molar-refractivity contribution is 0.0937. The van der Waals surface area contributed by atoms with Crippen LogP contribution in [0.1, 0.15) is 10.4 Å². The molecule has 0 radical (unpaired) electrons. The molecule has 0 aliphatic heterocycles. The monoisotopic (exact) mass is 314 g/mol. The van der Waals surface area contributed by atoms with Crippen molar-refractivity contribution in [2.75, 3.05) is 44.6 Å². The summed E-state index contributed by atoms with van der Waals surface area (Å²) in [6.45, 7) is 0.968. The van der Waals surface area contributed by atoms with E-state index in [2.05, 4.69) is 15.6 Å². The SMILES string of the molecule is COCCNC(=O)c1ccc(Nc2ccc(N(C)C)cc2)nc1. The third-order valence-corrected chi connectivity index (χ3v) is 3.27. The summed E-state index contributed by atoms with van der Waals surface area (Å²) in [5.74, 6) is 0.535. The number of hydrogen-bond donors (Lipinski definition) is 2. The van der Waals surface area contributed by atoms with Crippen molar-refractivity contribution in [2.24, 2.45) is 0 Å². The van der Waals surface area contributed by atoms with E-state index in [1.807, 2.05) is 43.3 Å². The maximum Gasteiger partial charge on any atom is 0.252 e.